The van der Waals surface area contributed by atoms with Crippen LogP contribution >= 0.6 is 0 Å². The zero-order chi connectivity index (χ0) is 11.4. The third-order valence-electron chi connectivity index (χ3n) is 2.33. The lowest BCUT2D eigenvalue weighted by molar-refractivity contribution is 0.293. The third-order valence-corrected chi connectivity index (χ3v) is 2.33. The number of rotatable bonds is 3. The summed E-state index contributed by atoms with van der Waals surface area (Å²) in [6.45, 7) is 4.60. The normalized spacial score (nSPS) is 10.1. The van der Waals surface area contributed by atoms with Crippen LogP contribution in [0.1, 0.15) is 16.8 Å². The molecule has 0 saturated heterocycles. The van der Waals surface area contributed by atoms with Crippen molar-refractivity contribution >= 4 is 0 Å². The summed E-state index contributed by atoms with van der Waals surface area (Å²) in [4.78, 5) is 4.29. The van der Waals surface area contributed by atoms with Crippen molar-refractivity contribution in [1.29, 1.82) is 0 Å². The Bertz CT molecular complexity index is 434. The number of benzene rings is 1. The molecule has 16 heavy (non-hydrogen) atoms. The number of hydrogen-bond donors (Lipinski definition) is 0. The van der Waals surface area contributed by atoms with Crippen LogP contribution in [-0.4, -0.2) is 4.98 Å². The van der Waals surface area contributed by atoms with Crippen molar-refractivity contribution in [2.45, 2.75) is 20.5 Å². The van der Waals surface area contributed by atoms with E-state index in [0.29, 0.717) is 12.5 Å². The number of ether oxygens (including phenoxy) is 1. The molecule has 0 aliphatic carbocycles. The molecule has 0 radical (unpaired) electrons. The molecule has 2 nitrogen and oxygen atoms in total. The Hall–Kier alpha value is -1.83. The van der Waals surface area contributed by atoms with Gasteiger partial charge >= 0.3 is 0 Å². The summed E-state index contributed by atoms with van der Waals surface area (Å²) in [5, 5.41) is 0. The predicted octanol–water partition coefficient (Wildman–Crippen LogP) is 3.28. The molecule has 0 unspecified atom stereocenters. The molecule has 0 N–H and O–H groups in total. The van der Waals surface area contributed by atoms with Crippen LogP contribution in [0, 0.1) is 13.8 Å². The predicted molar refractivity (Wildman–Crippen MR) is 64.5 cm³/mol. The first kappa shape index (κ1) is 10.7. The molecule has 0 atom stereocenters. The van der Waals surface area contributed by atoms with Gasteiger partial charge in [0.15, 0.2) is 0 Å². The van der Waals surface area contributed by atoms with E-state index in [-0.39, 0.29) is 0 Å². The largest absolute Gasteiger partial charge is 0.473 e. The number of aryl methyl sites for hydroxylation is 2. The molecule has 1 aromatic carbocycles. The van der Waals surface area contributed by atoms with E-state index < -0.39 is 0 Å². The Morgan fingerprint density at radius 2 is 1.88 bits per heavy atom. The summed E-state index contributed by atoms with van der Waals surface area (Å²) in [7, 11) is 0. The summed E-state index contributed by atoms with van der Waals surface area (Å²) < 4.78 is 5.62. The second kappa shape index (κ2) is 4.79. The number of nitrogens with zero attached hydrogens (tertiary/aromatic N) is 1. The minimum absolute atomic E-state index is 0.568. The van der Waals surface area contributed by atoms with E-state index in [2.05, 4.69) is 30.1 Å². The molecule has 1 aromatic heterocycles. The molecule has 0 aliphatic rings. The third kappa shape index (κ3) is 2.83. The lowest BCUT2D eigenvalue weighted by Crippen LogP contribution is -1.97. The molecule has 0 bridgehead atoms. The SMILES string of the molecule is Cc1cccc(COc2cccc(C)n2)c1. The van der Waals surface area contributed by atoms with Gasteiger partial charge in [0.05, 0.1) is 0 Å². The highest BCUT2D eigenvalue weighted by molar-refractivity contribution is 5.22. The van der Waals surface area contributed by atoms with Crippen LogP contribution in [0.4, 0.5) is 0 Å². The second-order valence-electron chi connectivity index (χ2n) is 3.89. The van der Waals surface area contributed by atoms with Crippen molar-refractivity contribution in [1.82, 2.24) is 4.98 Å². The van der Waals surface area contributed by atoms with Gasteiger partial charge in [-0.15, -0.1) is 0 Å². The second-order valence-corrected chi connectivity index (χ2v) is 3.89. The van der Waals surface area contributed by atoms with Crippen molar-refractivity contribution in [2.24, 2.45) is 0 Å². The topological polar surface area (TPSA) is 22.1 Å². The minimum Gasteiger partial charge on any atom is -0.473 e. The molecule has 2 rings (SSSR count). The molecule has 0 spiro atoms. The average molecular weight is 213 g/mol. The van der Waals surface area contributed by atoms with Crippen LogP contribution in [0.2, 0.25) is 0 Å². The highest BCUT2D eigenvalue weighted by atomic mass is 16.5. The first-order chi connectivity index (χ1) is 7.74. The van der Waals surface area contributed by atoms with Gasteiger partial charge in [-0.2, -0.15) is 0 Å². The van der Waals surface area contributed by atoms with Gasteiger partial charge in [0.1, 0.15) is 6.61 Å². The van der Waals surface area contributed by atoms with Crippen LogP contribution in [-0.2, 0) is 6.61 Å². The lowest BCUT2D eigenvalue weighted by Gasteiger charge is -2.06. The summed E-state index contributed by atoms with van der Waals surface area (Å²) in [6.07, 6.45) is 0. The molecular weight excluding hydrogens is 198 g/mol. The van der Waals surface area contributed by atoms with Gasteiger partial charge in [-0.05, 0) is 25.5 Å². The van der Waals surface area contributed by atoms with Gasteiger partial charge in [0.25, 0.3) is 0 Å². The maximum Gasteiger partial charge on any atom is 0.213 e. The number of hydrogen-bond acceptors (Lipinski definition) is 2. The summed E-state index contributed by atoms with van der Waals surface area (Å²) in [6, 6.07) is 14.1. The summed E-state index contributed by atoms with van der Waals surface area (Å²) >= 11 is 0. The molecule has 0 saturated carbocycles. The van der Waals surface area contributed by atoms with Crippen LogP contribution in [0.3, 0.4) is 0 Å². The smallest absolute Gasteiger partial charge is 0.213 e. The van der Waals surface area contributed by atoms with Gasteiger partial charge in [0, 0.05) is 11.8 Å². The molecule has 2 aromatic rings. The van der Waals surface area contributed by atoms with Crippen molar-refractivity contribution in [3.05, 3.63) is 59.3 Å². The Morgan fingerprint density at radius 3 is 2.62 bits per heavy atom. The Kier molecular flexibility index (Phi) is 3.20. The van der Waals surface area contributed by atoms with Crippen LogP contribution < -0.4 is 4.74 Å². The van der Waals surface area contributed by atoms with Crippen LogP contribution in [0.25, 0.3) is 0 Å². The molecule has 1 heterocycles. The van der Waals surface area contributed by atoms with Crippen molar-refractivity contribution < 1.29 is 4.74 Å². The molecule has 0 fully saturated rings. The molecule has 0 aliphatic heterocycles. The van der Waals surface area contributed by atoms with Crippen LogP contribution in [0.15, 0.2) is 42.5 Å². The highest BCUT2D eigenvalue weighted by Gasteiger charge is 1.97. The Labute approximate surface area is 95.9 Å². The van der Waals surface area contributed by atoms with E-state index in [9.17, 15) is 0 Å². The van der Waals surface area contributed by atoms with Gasteiger partial charge in [-0.1, -0.05) is 35.9 Å². The van der Waals surface area contributed by atoms with Crippen LogP contribution in [0.5, 0.6) is 5.88 Å². The van der Waals surface area contributed by atoms with Gasteiger partial charge in [-0.3, -0.25) is 0 Å². The average Bonchev–Trinajstić information content (AvgIpc) is 2.27. The zero-order valence-corrected chi connectivity index (χ0v) is 9.60. The minimum atomic E-state index is 0.568. The molecule has 0 amide bonds. The summed E-state index contributed by atoms with van der Waals surface area (Å²) in [5.41, 5.74) is 3.39. The number of pyridine rings is 1. The van der Waals surface area contributed by atoms with Gasteiger partial charge < -0.3 is 4.74 Å². The van der Waals surface area contributed by atoms with E-state index in [1.165, 1.54) is 11.1 Å². The van der Waals surface area contributed by atoms with E-state index in [0.717, 1.165) is 5.69 Å². The fourth-order valence-corrected chi connectivity index (χ4v) is 1.56. The summed E-state index contributed by atoms with van der Waals surface area (Å²) in [5.74, 6) is 0.682. The van der Waals surface area contributed by atoms with Crippen molar-refractivity contribution in [2.75, 3.05) is 0 Å². The van der Waals surface area contributed by atoms with Gasteiger partial charge in [-0.25, -0.2) is 4.98 Å². The van der Waals surface area contributed by atoms with Crippen molar-refractivity contribution in [3.63, 3.8) is 0 Å². The molecule has 82 valence electrons. The van der Waals surface area contributed by atoms with Gasteiger partial charge in [0.2, 0.25) is 5.88 Å². The maximum absolute atomic E-state index is 5.62. The first-order valence-corrected chi connectivity index (χ1v) is 5.36. The quantitative estimate of drug-likeness (QED) is 0.780. The van der Waals surface area contributed by atoms with E-state index in [1.807, 2.05) is 31.2 Å². The number of aromatic nitrogens is 1. The molecular formula is C14H15NO. The Balaban J connectivity index is 2.02. The lowest BCUT2D eigenvalue weighted by atomic mass is 10.1. The Morgan fingerprint density at radius 1 is 1.06 bits per heavy atom. The standard InChI is InChI=1S/C14H15NO/c1-11-5-3-7-13(9-11)10-16-14-8-4-6-12(2)15-14/h3-9H,10H2,1-2H3. The van der Waals surface area contributed by atoms with E-state index in [1.54, 1.807) is 0 Å². The molecule has 2 heteroatoms. The first-order valence-electron chi connectivity index (χ1n) is 5.36. The monoisotopic (exact) mass is 213 g/mol. The fraction of sp³-hybridized carbons (Fsp3) is 0.214. The van der Waals surface area contributed by atoms with Crippen molar-refractivity contribution in [3.8, 4) is 5.88 Å². The van der Waals surface area contributed by atoms with E-state index in [4.69, 9.17) is 4.74 Å². The van der Waals surface area contributed by atoms with E-state index >= 15 is 0 Å². The highest BCUT2D eigenvalue weighted by Crippen LogP contribution is 2.11. The fourth-order valence-electron chi connectivity index (χ4n) is 1.56. The maximum atomic E-state index is 5.62. The zero-order valence-electron chi connectivity index (χ0n) is 9.60.